The van der Waals surface area contributed by atoms with Gasteiger partial charge in [0.2, 0.25) is 0 Å². The van der Waals surface area contributed by atoms with Gasteiger partial charge in [-0.3, -0.25) is 9.69 Å². The van der Waals surface area contributed by atoms with E-state index in [0.29, 0.717) is 6.42 Å². The van der Waals surface area contributed by atoms with Gasteiger partial charge in [-0.1, -0.05) is 30.3 Å². The summed E-state index contributed by atoms with van der Waals surface area (Å²) in [5.41, 5.74) is 1.76. The zero-order chi connectivity index (χ0) is 14.8. The second-order valence-electron chi connectivity index (χ2n) is 5.08. The summed E-state index contributed by atoms with van der Waals surface area (Å²) in [6, 6.07) is 8.35. The van der Waals surface area contributed by atoms with E-state index in [1.54, 1.807) is 12.5 Å². The highest BCUT2D eigenvalue weighted by Crippen LogP contribution is 2.24. The van der Waals surface area contributed by atoms with E-state index < -0.39 is 6.04 Å². The molecule has 1 fully saturated rings. The fourth-order valence-corrected chi connectivity index (χ4v) is 2.55. The quantitative estimate of drug-likeness (QED) is 0.838. The van der Waals surface area contributed by atoms with Crippen LogP contribution in [0.2, 0.25) is 0 Å². The number of H-pyrrole nitrogens is 1. The lowest BCUT2D eigenvalue weighted by Gasteiger charge is -2.21. The number of benzene rings is 1. The van der Waals surface area contributed by atoms with Crippen molar-refractivity contribution in [2.45, 2.75) is 25.4 Å². The van der Waals surface area contributed by atoms with Crippen LogP contribution in [0.4, 0.5) is 4.79 Å². The maximum Gasteiger partial charge on any atom is 0.325 e. The molecule has 2 N–H and O–H groups in total. The summed E-state index contributed by atoms with van der Waals surface area (Å²) in [5.74, 6) is -0.203. The Hall–Kier alpha value is -2.63. The van der Waals surface area contributed by atoms with E-state index in [9.17, 15) is 9.59 Å². The van der Waals surface area contributed by atoms with E-state index in [1.807, 2.05) is 37.3 Å². The first kappa shape index (κ1) is 13.4. The molecule has 1 aromatic carbocycles. The third-order valence-electron chi connectivity index (χ3n) is 3.70. The van der Waals surface area contributed by atoms with E-state index in [-0.39, 0.29) is 18.0 Å². The number of rotatable bonds is 4. The summed E-state index contributed by atoms with van der Waals surface area (Å²) in [6.45, 7) is 1.85. The largest absolute Gasteiger partial charge is 0.348 e. The molecule has 6 heteroatoms. The van der Waals surface area contributed by atoms with Gasteiger partial charge in [0, 0.05) is 18.3 Å². The lowest BCUT2D eigenvalue weighted by molar-refractivity contribution is -0.128. The molecule has 1 aliphatic heterocycles. The van der Waals surface area contributed by atoms with Crippen molar-refractivity contribution in [2.75, 3.05) is 0 Å². The Morgan fingerprint density at radius 3 is 2.71 bits per heavy atom. The molecule has 3 rings (SSSR count). The fraction of sp³-hybridized carbons (Fsp3) is 0.267. The zero-order valence-corrected chi connectivity index (χ0v) is 11.6. The standard InChI is InChI=1S/C15H16N4O2/c1-10(11-5-3-2-4-6-11)19-14(20)13(18-15(19)21)7-12-8-16-9-17-12/h2-6,8-10,13H,7H2,1H3,(H,16,17)(H,18,21)/t10-,13-/m1/s1. The molecule has 1 saturated heterocycles. The third kappa shape index (κ3) is 2.52. The van der Waals surface area contributed by atoms with Crippen molar-refractivity contribution < 1.29 is 9.59 Å². The molecule has 1 aliphatic rings. The highest BCUT2D eigenvalue weighted by atomic mass is 16.2. The Morgan fingerprint density at radius 2 is 2.05 bits per heavy atom. The van der Waals surface area contributed by atoms with Gasteiger partial charge >= 0.3 is 6.03 Å². The number of imidazole rings is 1. The predicted molar refractivity (Wildman–Crippen MR) is 76.3 cm³/mol. The van der Waals surface area contributed by atoms with E-state index in [4.69, 9.17) is 0 Å². The van der Waals surface area contributed by atoms with Crippen LogP contribution in [0.25, 0.3) is 0 Å². The Balaban J connectivity index is 1.77. The van der Waals surface area contributed by atoms with Crippen LogP contribution in [0.15, 0.2) is 42.9 Å². The minimum Gasteiger partial charge on any atom is -0.348 e. The monoisotopic (exact) mass is 284 g/mol. The van der Waals surface area contributed by atoms with Gasteiger partial charge in [0.15, 0.2) is 0 Å². The first-order chi connectivity index (χ1) is 10.2. The number of aromatic nitrogens is 2. The van der Waals surface area contributed by atoms with E-state index >= 15 is 0 Å². The average molecular weight is 284 g/mol. The first-order valence-electron chi connectivity index (χ1n) is 6.82. The van der Waals surface area contributed by atoms with Crippen molar-refractivity contribution in [2.24, 2.45) is 0 Å². The number of urea groups is 1. The number of carbonyl (C=O) groups excluding carboxylic acids is 2. The Morgan fingerprint density at radius 1 is 1.29 bits per heavy atom. The molecule has 0 radical (unpaired) electrons. The topological polar surface area (TPSA) is 78.1 Å². The summed E-state index contributed by atoms with van der Waals surface area (Å²) in [6.07, 6.45) is 3.63. The van der Waals surface area contributed by atoms with Gasteiger partial charge in [0.1, 0.15) is 6.04 Å². The maximum atomic E-state index is 12.5. The molecule has 0 saturated carbocycles. The third-order valence-corrected chi connectivity index (χ3v) is 3.70. The summed E-state index contributed by atoms with van der Waals surface area (Å²) < 4.78 is 0. The normalized spacial score (nSPS) is 19.7. The Kier molecular flexibility index (Phi) is 3.43. The van der Waals surface area contributed by atoms with Crippen molar-refractivity contribution in [3.05, 3.63) is 54.1 Å². The number of imide groups is 1. The maximum absolute atomic E-state index is 12.5. The fourth-order valence-electron chi connectivity index (χ4n) is 2.55. The molecule has 0 aliphatic carbocycles. The molecule has 0 unspecified atom stereocenters. The molecule has 1 aromatic heterocycles. The highest BCUT2D eigenvalue weighted by molar-refractivity contribution is 6.04. The predicted octanol–water partition coefficient (Wildman–Crippen LogP) is 1.63. The lowest BCUT2D eigenvalue weighted by atomic mass is 10.1. The molecule has 3 amide bonds. The van der Waals surface area contributed by atoms with E-state index in [0.717, 1.165) is 11.3 Å². The van der Waals surface area contributed by atoms with Crippen molar-refractivity contribution in [3.63, 3.8) is 0 Å². The molecule has 0 bridgehead atoms. The number of carbonyl (C=O) groups is 2. The van der Waals surface area contributed by atoms with Crippen LogP contribution < -0.4 is 5.32 Å². The van der Waals surface area contributed by atoms with E-state index in [1.165, 1.54) is 4.90 Å². The summed E-state index contributed by atoms with van der Waals surface area (Å²) in [4.78, 5) is 32.7. The molecule has 108 valence electrons. The SMILES string of the molecule is C[C@H](c1ccccc1)N1C(=O)N[C@H](Cc2cnc[nH]2)C1=O. The molecule has 2 atom stereocenters. The van der Waals surface area contributed by atoms with Crippen molar-refractivity contribution in [1.82, 2.24) is 20.2 Å². The second-order valence-corrected chi connectivity index (χ2v) is 5.08. The Labute approximate surface area is 122 Å². The number of nitrogens with one attached hydrogen (secondary N) is 2. The second kappa shape index (κ2) is 5.40. The first-order valence-corrected chi connectivity index (χ1v) is 6.82. The molecule has 21 heavy (non-hydrogen) atoms. The van der Waals surface area contributed by atoms with Crippen LogP contribution in [0.1, 0.15) is 24.2 Å². The summed E-state index contributed by atoms with van der Waals surface area (Å²) in [7, 11) is 0. The molecule has 0 spiro atoms. The number of aromatic amines is 1. The van der Waals surface area contributed by atoms with Crippen LogP contribution in [-0.4, -0.2) is 32.8 Å². The van der Waals surface area contributed by atoms with Gasteiger partial charge in [-0.25, -0.2) is 9.78 Å². The molecule has 6 nitrogen and oxygen atoms in total. The number of hydrogen-bond acceptors (Lipinski definition) is 3. The average Bonchev–Trinajstić information content (AvgIpc) is 3.09. The number of hydrogen-bond donors (Lipinski definition) is 2. The van der Waals surface area contributed by atoms with Crippen LogP contribution in [-0.2, 0) is 11.2 Å². The summed E-state index contributed by atoms with van der Waals surface area (Å²) >= 11 is 0. The van der Waals surface area contributed by atoms with Crippen LogP contribution in [0.5, 0.6) is 0 Å². The van der Waals surface area contributed by atoms with Crippen molar-refractivity contribution in [3.8, 4) is 0 Å². The van der Waals surface area contributed by atoms with Crippen molar-refractivity contribution >= 4 is 11.9 Å². The highest BCUT2D eigenvalue weighted by Gasteiger charge is 2.41. The Bertz CT molecular complexity index is 639. The number of nitrogens with zero attached hydrogens (tertiary/aromatic N) is 2. The minimum absolute atomic E-state index is 0.203. The van der Waals surface area contributed by atoms with Crippen molar-refractivity contribution in [1.29, 1.82) is 0 Å². The molecular weight excluding hydrogens is 268 g/mol. The van der Waals surface area contributed by atoms with Gasteiger partial charge < -0.3 is 10.3 Å². The smallest absolute Gasteiger partial charge is 0.325 e. The van der Waals surface area contributed by atoms with Gasteiger partial charge in [-0.15, -0.1) is 0 Å². The van der Waals surface area contributed by atoms with Gasteiger partial charge in [-0.05, 0) is 12.5 Å². The van der Waals surface area contributed by atoms with Crippen LogP contribution in [0, 0.1) is 0 Å². The van der Waals surface area contributed by atoms with Crippen LogP contribution in [0.3, 0.4) is 0 Å². The van der Waals surface area contributed by atoms with Gasteiger partial charge in [0.05, 0.1) is 12.4 Å². The lowest BCUT2D eigenvalue weighted by Crippen LogP contribution is -2.34. The van der Waals surface area contributed by atoms with Gasteiger partial charge in [-0.2, -0.15) is 0 Å². The zero-order valence-electron chi connectivity index (χ0n) is 11.6. The summed E-state index contributed by atoms with van der Waals surface area (Å²) in [5, 5.41) is 2.73. The minimum atomic E-state index is -0.538. The molecule has 2 aromatic rings. The van der Waals surface area contributed by atoms with Gasteiger partial charge in [0.25, 0.3) is 5.91 Å². The molecule has 2 heterocycles. The van der Waals surface area contributed by atoms with Crippen LogP contribution >= 0.6 is 0 Å². The molecular formula is C15H16N4O2. The number of amides is 3. The van der Waals surface area contributed by atoms with E-state index in [2.05, 4.69) is 15.3 Å².